The van der Waals surface area contributed by atoms with Crippen LogP contribution < -0.4 is 4.87 Å². The average molecular weight is 447 g/mol. The van der Waals surface area contributed by atoms with Crippen LogP contribution in [0.15, 0.2) is 32.6 Å². The zero-order chi connectivity index (χ0) is 20.7. The van der Waals surface area contributed by atoms with Crippen LogP contribution in [0.25, 0.3) is 0 Å². The number of furan rings is 1. The molecule has 2 N–H and O–H groups in total. The lowest BCUT2D eigenvalue weighted by atomic mass is 9.69. The van der Waals surface area contributed by atoms with Gasteiger partial charge in [0.25, 0.3) is 0 Å². The van der Waals surface area contributed by atoms with Crippen LogP contribution in [0.2, 0.25) is 0 Å². The zero-order valence-corrected chi connectivity index (χ0v) is 17.3. The highest BCUT2D eigenvalue weighted by Crippen LogP contribution is 2.68. The normalized spacial score (nSPS) is 36.1. The van der Waals surface area contributed by atoms with Crippen molar-refractivity contribution in [1.82, 2.24) is 9.88 Å². The highest BCUT2D eigenvalue weighted by Gasteiger charge is 2.69. The Kier molecular flexibility index (Phi) is 3.89. The second kappa shape index (κ2) is 6.34. The molecule has 4 aliphatic rings. The lowest BCUT2D eigenvalue weighted by molar-refractivity contribution is -0.142. The molecule has 10 heteroatoms. The molecule has 2 aromatic heterocycles. The Bertz CT molecular complexity index is 1120. The molecule has 2 aromatic rings. The third-order valence-corrected chi connectivity index (χ3v) is 9.80. The van der Waals surface area contributed by atoms with Gasteiger partial charge in [0.2, 0.25) is 11.8 Å². The number of nitrogens with zero attached hydrogens (tertiary/aromatic N) is 1. The van der Waals surface area contributed by atoms with E-state index in [1.54, 1.807) is 18.0 Å². The zero-order valence-electron chi connectivity index (χ0n) is 15.6. The minimum atomic E-state index is -1.02. The van der Waals surface area contributed by atoms with Crippen molar-refractivity contribution in [1.29, 1.82) is 0 Å². The van der Waals surface area contributed by atoms with Crippen LogP contribution in [0, 0.1) is 29.6 Å². The molecule has 0 spiro atoms. The Balaban J connectivity index is 1.40. The number of thiazole rings is 1. The van der Waals surface area contributed by atoms with Crippen LogP contribution >= 0.6 is 23.1 Å². The number of carboxylic acid groups (broad SMARTS) is 1. The van der Waals surface area contributed by atoms with Gasteiger partial charge >= 0.3 is 10.8 Å². The van der Waals surface area contributed by atoms with Crippen molar-refractivity contribution >= 4 is 40.9 Å². The van der Waals surface area contributed by atoms with Gasteiger partial charge in [-0.3, -0.25) is 24.1 Å². The van der Waals surface area contributed by atoms with E-state index >= 15 is 0 Å². The number of fused-ring (bicyclic) bond motifs is 9. The van der Waals surface area contributed by atoms with Crippen molar-refractivity contribution < 1.29 is 23.9 Å². The summed E-state index contributed by atoms with van der Waals surface area (Å²) in [4.78, 5) is 54.2. The molecule has 0 radical (unpaired) electrons. The van der Waals surface area contributed by atoms with Crippen molar-refractivity contribution in [2.45, 2.75) is 29.0 Å². The summed E-state index contributed by atoms with van der Waals surface area (Å²) in [6.45, 7) is -0.0653. The first-order valence-corrected chi connectivity index (χ1v) is 11.7. The first-order chi connectivity index (χ1) is 14.5. The number of thioether (sulfide) groups is 1. The predicted molar refractivity (Wildman–Crippen MR) is 106 cm³/mol. The van der Waals surface area contributed by atoms with Gasteiger partial charge in [0.15, 0.2) is 0 Å². The molecule has 3 fully saturated rings. The molecule has 1 saturated heterocycles. The predicted octanol–water partition coefficient (Wildman–Crippen LogP) is 1.98. The minimum absolute atomic E-state index is 0.0178. The molecule has 156 valence electrons. The molecule has 2 amide bonds. The second-order valence-electron chi connectivity index (χ2n) is 8.45. The number of carbonyl (C=O) groups excluding carboxylic acids is 2. The highest BCUT2D eigenvalue weighted by molar-refractivity contribution is 8.00. The van der Waals surface area contributed by atoms with Crippen LogP contribution in [-0.4, -0.2) is 44.6 Å². The summed E-state index contributed by atoms with van der Waals surface area (Å²) < 4.78 is 5.75. The number of carbonyl (C=O) groups is 3. The standard InChI is InChI=1S/C20H18N2O6S2/c23-10(24)3-4-22-18(25)12-7-6-8(13(12)19(22)26)15-11(7)14(9-2-1-5-28-9)16-17(29-15)21-20(27)30-16/h1-2,5,7-8,11-15H,3-4,6H2,(H,21,27)(H,23,24)/t7-,8-,11+,12+,13-,14-,15-/m1/s1. The number of H-pyrrole nitrogens is 1. The van der Waals surface area contributed by atoms with Gasteiger partial charge in [0.05, 0.1) is 40.3 Å². The number of rotatable bonds is 4. The van der Waals surface area contributed by atoms with Gasteiger partial charge in [0.1, 0.15) is 5.76 Å². The van der Waals surface area contributed by atoms with Crippen LogP contribution in [0.5, 0.6) is 0 Å². The Morgan fingerprint density at radius 2 is 2.00 bits per heavy atom. The van der Waals surface area contributed by atoms with Gasteiger partial charge in [-0.1, -0.05) is 11.3 Å². The van der Waals surface area contributed by atoms with Crippen molar-refractivity contribution in [2.24, 2.45) is 29.6 Å². The average Bonchev–Trinajstić information content (AvgIpc) is 3.48. The van der Waals surface area contributed by atoms with E-state index in [1.807, 2.05) is 12.1 Å². The van der Waals surface area contributed by atoms with E-state index in [4.69, 9.17) is 9.52 Å². The second-order valence-corrected chi connectivity index (χ2v) is 10.7. The third kappa shape index (κ3) is 2.34. The fraction of sp³-hybridized carbons (Fsp3) is 0.500. The number of aliphatic carboxylic acids is 1. The molecule has 8 nitrogen and oxygen atoms in total. The van der Waals surface area contributed by atoms with Crippen LogP contribution in [0.4, 0.5) is 0 Å². The molecular formula is C20H18N2O6S2. The first-order valence-electron chi connectivity index (χ1n) is 9.95. The summed E-state index contributed by atoms with van der Waals surface area (Å²) in [6.07, 6.45) is 2.19. The molecule has 2 saturated carbocycles. The number of aromatic nitrogens is 1. The van der Waals surface area contributed by atoms with Gasteiger partial charge in [0, 0.05) is 11.8 Å². The molecule has 7 atom stereocenters. The Labute approximate surface area is 178 Å². The van der Waals surface area contributed by atoms with E-state index in [-0.39, 0.29) is 64.5 Å². The lowest BCUT2D eigenvalue weighted by Crippen LogP contribution is -2.42. The van der Waals surface area contributed by atoms with Crippen molar-refractivity contribution in [3.8, 4) is 0 Å². The maximum Gasteiger partial charge on any atom is 0.305 e. The fourth-order valence-corrected chi connectivity index (χ4v) is 9.16. The number of imide groups is 1. The Morgan fingerprint density at radius 1 is 1.23 bits per heavy atom. The molecule has 2 bridgehead atoms. The highest BCUT2D eigenvalue weighted by atomic mass is 32.2. The maximum atomic E-state index is 13.1. The van der Waals surface area contributed by atoms with Crippen LogP contribution in [0.3, 0.4) is 0 Å². The van der Waals surface area contributed by atoms with Gasteiger partial charge in [-0.2, -0.15) is 0 Å². The molecule has 30 heavy (non-hydrogen) atoms. The van der Waals surface area contributed by atoms with Crippen LogP contribution in [-0.2, 0) is 14.4 Å². The summed E-state index contributed by atoms with van der Waals surface area (Å²) in [5.41, 5.74) is 0. The summed E-state index contributed by atoms with van der Waals surface area (Å²) >= 11 is 2.81. The van der Waals surface area contributed by atoms with E-state index < -0.39 is 11.9 Å². The number of nitrogens with one attached hydrogen (secondary N) is 1. The lowest BCUT2D eigenvalue weighted by Gasteiger charge is -2.42. The van der Waals surface area contributed by atoms with E-state index in [1.165, 1.54) is 16.2 Å². The topological polar surface area (TPSA) is 121 Å². The first kappa shape index (κ1) is 18.4. The summed E-state index contributed by atoms with van der Waals surface area (Å²) in [6, 6.07) is 3.74. The molecule has 2 aliphatic heterocycles. The van der Waals surface area contributed by atoms with E-state index in [0.717, 1.165) is 22.1 Å². The molecule has 2 aliphatic carbocycles. The number of carboxylic acids is 1. The number of amides is 2. The monoisotopic (exact) mass is 446 g/mol. The van der Waals surface area contributed by atoms with Crippen molar-refractivity contribution in [3.63, 3.8) is 0 Å². The van der Waals surface area contributed by atoms with Crippen molar-refractivity contribution in [3.05, 3.63) is 38.7 Å². The Hall–Kier alpha value is -2.33. The van der Waals surface area contributed by atoms with Gasteiger partial charge in [-0.25, -0.2) is 0 Å². The number of hydrogen-bond acceptors (Lipinski definition) is 7. The van der Waals surface area contributed by atoms with Gasteiger partial charge in [-0.05, 0) is 36.3 Å². The molecular weight excluding hydrogens is 428 g/mol. The molecule has 0 unspecified atom stereocenters. The van der Waals surface area contributed by atoms with Crippen molar-refractivity contribution in [2.75, 3.05) is 6.54 Å². The number of likely N-dealkylation sites (tertiary alicyclic amines) is 1. The smallest absolute Gasteiger partial charge is 0.305 e. The summed E-state index contributed by atoms with van der Waals surface area (Å²) in [7, 11) is 0. The molecule has 0 aromatic carbocycles. The largest absolute Gasteiger partial charge is 0.481 e. The van der Waals surface area contributed by atoms with E-state index in [2.05, 4.69) is 4.98 Å². The molecule has 6 rings (SSSR count). The van der Waals surface area contributed by atoms with E-state index in [0.29, 0.717) is 0 Å². The Morgan fingerprint density at radius 3 is 2.70 bits per heavy atom. The van der Waals surface area contributed by atoms with Gasteiger partial charge < -0.3 is 14.5 Å². The molecule has 4 heterocycles. The summed E-state index contributed by atoms with van der Waals surface area (Å²) in [5.74, 6) is -1.43. The number of aromatic amines is 1. The minimum Gasteiger partial charge on any atom is -0.481 e. The van der Waals surface area contributed by atoms with Crippen LogP contribution in [0.1, 0.15) is 29.4 Å². The maximum absolute atomic E-state index is 13.1. The third-order valence-electron chi connectivity index (χ3n) is 7.21. The quantitative estimate of drug-likeness (QED) is 0.689. The SMILES string of the molecule is O=C(O)CCN1C(=O)[C@@H]2[C@H]3C[C@@H]([C@@H]2C1=O)[C@H]1[C@@H](c2ccco2)c2sc(=O)[nH]c2S[C@H]31. The van der Waals surface area contributed by atoms with Gasteiger partial charge in [-0.15, -0.1) is 11.8 Å². The fourth-order valence-electron chi connectivity index (χ4n) is 6.29. The van der Waals surface area contributed by atoms with E-state index in [9.17, 15) is 19.2 Å². The number of hydrogen-bond donors (Lipinski definition) is 2. The summed E-state index contributed by atoms with van der Waals surface area (Å²) in [5, 5.41) is 9.94.